The summed E-state index contributed by atoms with van der Waals surface area (Å²) in [5.41, 5.74) is 2.46. The number of aromatic nitrogens is 1. The Morgan fingerprint density at radius 1 is 1.11 bits per heavy atom. The molecule has 2 aromatic rings. The Balaban J connectivity index is 2.13. The summed E-state index contributed by atoms with van der Waals surface area (Å²) in [6.45, 7) is 2.07. The first-order valence-electron chi connectivity index (χ1n) is 5.26. The Hall–Kier alpha value is -0.410. The van der Waals surface area contributed by atoms with E-state index in [0.717, 1.165) is 5.75 Å². The van der Waals surface area contributed by atoms with E-state index in [9.17, 15) is 0 Å². The minimum absolute atomic E-state index is 0.285. The van der Waals surface area contributed by atoms with Crippen molar-refractivity contribution in [2.45, 2.75) is 17.7 Å². The predicted molar refractivity (Wildman–Crippen MR) is 80.0 cm³/mol. The first-order chi connectivity index (χ1) is 8.56. The van der Waals surface area contributed by atoms with Gasteiger partial charge in [-0.2, -0.15) is 0 Å². The van der Waals surface area contributed by atoms with Gasteiger partial charge in [0.25, 0.3) is 0 Å². The van der Waals surface area contributed by atoms with Crippen LogP contribution in [0.5, 0.6) is 0 Å². The topological polar surface area (TPSA) is 12.9 Å². The molecule has 0 aliphatic carbocycles. The minimum atomic E-state index is 0.285. The van der Waals surface area contributed by atoms with Crippen LogP contribution in [0.2, 0.25) is 15.2 Å². The number of nitrogens with zero attached hydrogens (tertiary/aromatic N) is 1. The van der Waals surface area contributed by atoms with Crippen molar-refractivity contribution >= 4 is 46.6 Å². The fourth-order valence-electron chi connectivity index (χ4n) is 1.48. The number of rotatable bonds is 3. The average molecular weight is 319 g/mol. The maximum atomic E-state index is 6.07. The fourth-order valence-corrected chi connectivity index (χ4v) is 3.03. The molecule has 0 bridgehead atoms. The molecular weight excluding hydrogens is 309 g/mol. The summed E-state index contributed by atoms with van der Waals surface area (Å²) in [6.07, 6.45) is 0. The highest BCUT2D eigenvalue weighted by atomic mass is 35.5. The maximum absolute atomic E-state index is 6.07. The van der Waals surface area contributed by atoms with Crippen molar-refractivity contribution in [2.75, 3.05) is 0 Å². The lowest BCUT2D eigenvalue weighted by Gasteiger charge is -2.05. The maximum Gasteiger partial charge on any atom is 0.149 e. The molecule has 94 valence electrons. The van der Waals surface area contributed by atoms with E-state index in [0.29, 0.717) is 15.1 Å². The highest BCUT2D eigenvalue weighted by molar-refractivity contribution is 7.98. The highest BCUT2D eigenvalue weighted by Crippen LogP contribution is 2.33. The lowest BCUT2D eigenvalue weighted by molar-refractivity contribution is 1.13. The summed E-state index contributed by atoms with van der Waals surface area (Å²) in [7, 11) is 0. The molecule has 1 nitrogen and oxygen atoms in total. The van der Waals surface area contributed by atoms with Crippen molar-refractivity contribution in [3.8, 4) is 0 Å². The van der Waals surface area contributed by atoms with Crippen LogP contribution in [0.25, 0.3) is 0 Å². The second-order valence-corrected chi connectivity index (χ2v) is 5.96. The second-order valence-electron chi connectivity index (χ2n) is 3.83. The number of benzene rings is 1. The second kappa shape index (κ2) is 6.16. The van der Waals surface area contributed by atoms with Gasteiger partial charge in [0.15, 0.2) is 0 Å². The van der Waals surface area contributed by atoms with E-state index in [2.05, 4.69) is 30.1 Å². The van der Waals surface area contributed by atoms with Gasteiger partial charge >= 0.3 is 0 Å². The number of hydrogen-bond donors (Lipinski definition) is 0. The molecule has 0 amide bonds. The third kappa shape index (κ3) is 3.55. The van der Waals surface area contributed by atoms with Gasteiger partial charge in [-0.15, -0.1) is 11.8 Å². The van der Waals surface area contributed by atoms with Gasteiger partial charge in [0, 0.05) is 5.75 Å². The van der Waals surface area contributed by atoms with Crippen LogP contribution in [0.3, 0.4) is 0 Å². The lowest BCUT2D eigenvalue weighted by atomic mass is 10.2. The third-order valence-electron chi connectivity index (χ3n) is 2.31. The molecule has 0 radical (unpaired) electrons. The Labute approximate surface area is 125 Å². The summed E-state index contributed by atoms with van der Waals surface area (Å²) in [5.74, 6) is 0.798. The lowest BCUT2D eigenvalue weighted by Crippen LogP contribution is -1.87. The normalized spacial score (nSPS) is 10.7. The summed E-state index contributed by atoms with van der Waals surface area (Å²) < 4.78 is 0. The Morgan fingerprint density at radius 3 is 2.61 bits per heavy atom. The van der Waals surface area contributed by atoms with Gasteiger partial charge in [0.05, 0.1) is 10.0 Å². The molecule has 0 aliphatic heterocycles. The zero-order valence-electron chi connectivity index (χ0n) is 9.58. The molecule has 0 spiro atoms. The quantitative estimate of drug-likeness (QED) is 0.536. The van der Waals surface area contributed by atoms with Crippen molar-refractivity contribution in [2.24, 2.45) is 0 Å². The Morgan fingerprint density at radius 2 is 1.89 bits per heavy atom. The van der Waals surface area contributed by atoms with E-state index in [1.807, 2.05) is 6.07 Å². The number of aryl methyl sites for hydroxylation is 1. The molecule has 1 aromatic heterocycles. The summed E-state index contributed by atoms with van der Waals surface area (Å²) >= 11 is 19.3. The van der Waals surface area contributed by atoms with Gasteiger partial charge in [-0.25, -0.2) is 4.98 Å². The zero-order chi connectivity index (χ0) is 13.1. The van der Waals surface area contributed by atoms with Crippen molar-refractivity contribution in [1.29, 1.82) is 0 Å². The van der Waals surface area contributed by atoms with Crippen LogP contribution in [-0.2, 0) is 5.75 Å². The largest absolute Gasteiger partial charge is 0.227 e. The van der Waals surface area contributed by atoms with Crippen LogP contribution in [0.4, 0.5) is 0 Å². The average Bonchev–Trinajstić information content (AvgIpc) is 2.32. The fraction of sp³-hybridized carbons (Fsp3) is 0.154. The van der Waals surface area contributed by atoms with Crippen LogP contribution in [0.1, 0.15) is 11.1 Å². The van der Waals surface area contributed by atoms with E-state index < -0.39 is 0 Å². The van der Waals surface area contributed by atoms with Crippen LogP contribution in [0, 0.1) is 6.92 Å². The van der Waals surface area contributed by atoms with E-state index in [1.54, 1.807) is 17.8 Å². The molecule has 0 N–H and O–H groups in total. The zero-order valence-corrected chi connectivity index (χ0v) is 12.7. The molecule has 2 rings (SSSR count). The van der Waals surface area contributed by atoms with Crippen molar-refractivity contribution in [1.82, 2.24) is 4.98 Å². The van der Waals surface area contributed by atoms with E-state index in [4.69, 9.17) is 34.8 Å². The molecular formula is C13H10Cl3NS. The molecule has 0 saturated heterocycles. The SMILES string of the molecule is Cc1cccc(CSc2nc(Cl)c(Cl)cc2Cl)c1. The van der Waals surface area contributed by atoms with Gasteiger partial charge in [0.1, 0.15) is 10.2 Å². The van der Waals surface area contributed by atoms with Crippen molar-refractivity contribution in [3.63, 3.8) is 0 Å². The van der Waals surface area contributed by atoms with E-state index in [-0.39, 0.29) is 5.15 Å². The van der Waals surface area contributed by atoms with Gasteiger partial charge in [0.2, 0.25) is 0 Å². The van der Waals surface area contributed by atoms with Gasteiger partial charge in [-0.05, 0) is 18.6 Å². The predicted octanol–water partition coefficient (Wildman–Crippen LogP) is 5.64. The first kappa shape index (κ1) is 14.0. The molecule has 18 heavy (non-hydrogen) atoms. The molecule has 0 saturated carbocycles. The molecule has 1 heterocycles. The van der Waals surface area contributed by atoms with Crippen molar-refractivity contribution < 1.29 is 0 Å². The Kier molecular flexibility index (Phi) is 4.79. The molecule has 0 unspecified atom stereocenters. The molecule has 5 heteroatoms. The van der Waals surface area contributed by atoms with Crippen LogP contribution >= 0.6 is 46.6 Å². The minimum Gasteiger partial charge on any atom is -0.227 e. The highest BCUT2D eigenvalue weighted by Gasteiger charge is 2.08. The van der Waals surface area contributed by atoms with Crippen LogP contribution in [0.15, 0.2) is 35.4 Å². The Bertz CT molecular complexity index is 572. The van der Waals surface area contributed by atoms with E-state index >= 15 is 0 Å². The number of thioether (sulfide) groups is 1. The van der Waals surface area contributed by atoms with Gasteiger partial charge in [-0.3, -0.25) is 0 Å². The number of halogens is 3. The third-order valence-corrected chi connectivity index (χ3v) is 4.45. The summed E-state index contributed by atoms with van der Waals surface area (Å²) in [4.78, 5) is 4.17. The van der Waals surface area contributed by atoms with Crippen LogP contribution < -0.4 is 0 Å². The van der Waals surface area contributed by atoms with Gasteiger partial charge in [-0.1, -0.05) is 64.6 Å². The van der Waals surface area contributed by atoms with Crippen molar-refractivity contribution in [3.05, 3.63) is 56.7 Å². The number of pyridine rings is 1. The number of hydrogen-bond acceptors (Lipinski definition) is 2. The monoisotopic (exact) mass is 317 g/mol. The van der Waals surface area contributed by atoms with E-state index in [1.165, 1.54) is 11.1 Å². The molecule has 1 aromatic carbocycles. The summed E-state index contributed by atoms with van der Waals surface area (Å²) in [5, 5.41) is 1.89. The molecule has 0 aliphatic rings. The smallest absolute Gasteiger partial charge is 0.149 e. The van der Waals surface area contributed by atoms with Gasteiger partial charge < -0.3 is 0 Å². The first-order valence-corrected chi connectivity index (χ1v) is 7.38. The molecule has 0 fully saturated rings. The molecule has 0 atom stereocenters. The standard InChI is InChI=1S/C13H10Cl3NS/c1-8-3-2-4-9(5-8)7-18-13-11(15)6-10(14)12(16)17-13/h2-6H,7H2,1H3. The van der Waals surface area contributed by atoms with Crippen LogP contribution in [-0.4, -0.2) is 4.98 Å². The summed E-state index contributed by atoms with van der Waals surface area (Å²) in [6, 6.07) is 9.94.